The molecular weight excluding hydrogens is 489 g/mol. The Labute approximate surface area is 208 Å². The number of halogens is 2. The second kappa shape index (κ2) is 10.1. The van der Waals surface area contributed by atoms with E-state index in [0.29, 0.717) is 27.9 Å². The summed E-state index contributed by atoms with van der Waals surface area (Å²) < 4.78 is 41.8. The number of carbonyl (C=O) groups is 1. The average Bonchev–Trinajstić information content (AvgIpc) is 2.85. The lowest BCUT2D eigenvalue weighted by Crippen LogP contribution is -2.30. The first-order valence-electron chi connectivity index (χ1n) is 11.0. The number of pyridine rings is 1. The molecule has 0 bridgehead atoms. The number of aromatic nitrogens is 1. The van der Waals surface area contributed by atoms with Crippen LogP contribution in [0.4, 0.5) is 10.1 Å². The third-order valence-corrected chi connectivity index (χ3v) is 8.19. The molecule has 4 aromatic rings. The van der Waals surface area contributed by atoms with Crippen LogP contribution in [0.25, 0.3) is 22.0 Å². The van der Waals surface area contributed by atoms with Crippen molar-refractivity contribution in [2.75, 3.05) is 18.4 Å². The van der Waals surface area contributed by atoms with E-state index in [4.69, 9.17) is 11.6 Å². The summed E-state index contributed by atoms with van der Waals surface area (Å²) in [6.07, 6.45) is 1.65. The minimum atomic E-state index is -3.86. The lowest BCUT2D eigenvalue weighted by atomic mass is 10.0. The lowest BCUT2D eigenvalue weighted by Gasteiger charge is -2.20. The summed E-state index contributed by atoms with van der Waals surface area (Å²) in [5, 5.41) is 3.77. The predicted octanol–water partition coefficient (Wildman–Crippen LogP) is 5.98. The zero-order valence-corrected chi connectivity index (χ0v) is 20.7. The van der Waals surface area contributed by atoms with Gasteiger partial charge in [0.25, 0.3) is 5.91 Å². The third-order valence-electron chi connectivity index (χ3n) is 5.66. The van der Waals surface area contributed by atoms with Crippen molar-refractivity contribution >= 4 is 44.1 Å². The molecule has 1 N–H and O–H groups in total. The molecule has 35 heavy (non-hydrogen) atoms. The first kappa shape index (κ1) is 24.8. The molecule has 0 atom stereocenters. The van der Waals surface area contributed by atoms with E-state index in [1.165, 1.54) is 34.6 Å². The molecule has 1 heterocycles. The summed E-state index contributed by atoms with van der Waals surface area (Å²) >= 11 is 6.25. The van der Waals surface area contributed by atoms with Crippen molar-refractivity contribution in [1.29, 1.82) is 0 Å². The van der Waals surface area contributed by atoms with Gasteiger partial charge in [0.15, 0.2) is 0 Å². The van der Waals surface area contributed by atoms with Crippen molar-refractivity contribution in [3.63, 3.8) is 0 Å². The molecule has 0 fully saturated rings. The number of rotatable bonds is 7. The highest BCUT2D eigenvalue weighted by Crippen LogP contribution is 2.34. The Balaban J connectivity index is 1.74. The Morgan fingerprint density at radius 3 is 2.54 bits per heavy atom. The molecule has 180 valence electrons. The molecule has 4 rings (SSSR count). The largest absolute Gasteiger partial charge is 0.321 e. The summed E-state index contributed by atoms with van der Waals surface area (Å²) in [6.45, 7) is 4.03. The van der Waals surface area contributed by atoms with Crippen LogP contribution in [0, 0.1) is 5.82 Å². The van der Waals surface area contributed by atoms with Gasteiger partial charge in [0.2, 0.25) is 10.0 Å². The van der Waals surface area contributed by atoms with E-state index in [2.05, 4.69) is 10.3 Å². The highest BCUT2D eigenvalue weighted by Gasteiger charge is 2.25. The van der Waals surface area contributed by atoms with E-state index < -0.39 is 21.7 Å². The van der Waals surface area contributed by atoms with E-state index >= 15 is 0 Å². The fourth-order valence-corrected chi connectivity index (χ4v) is 5.80. The fraction of sp³-hybridized carbons (Fsp3) is 0.154. The number of nitrogens with one attached hydrogen (secondary N) is 1. The van der Waals surface area contributed by atoms with E-state index in [1.807, 2.05) is 12.1 Å². The maximum Gasteiger partial charge on any atom is 0.255 e. The highest BCUT2D eigenvalue weighted by atomic mass is 35.5. The van der Waals surface area contributed by atoms with Gasteiger partial charge in [-0.05, 0) is 54.1 Å². The van der Waals surface area contributed by atoms with Gasteiger partial charge in [-0.2, -0.15) is 4.31 Å². The van der Waals surface area contributed by atoms with Crippen molar-refractivity contribution in [2.45, 2.75) is 18.7 Å². The molecule has 3 aromatic carbocycles. The Bertz CT molecular complexity index is 1520. The van der Waals surface area contributed by atoms with E-state index in [0.717, 1.165) is 5.39 Å². The summed E-state index contributed by atoms with van der Waals surface area (Å²) in [7, 11) is -3.86. The number of anilines is 1. The standard InChI is InChI=1S/C26H23ClFN3O3S/c1-3-31(4-2)35(33,34)25-15-18(9-11-22(25)27)21-16-20(28)10-12-23(21)30-26(32)19-8-7-17-6-5-13-29-24(17)14-19/h5-16H,3-4H2,1-2H3,(H,30,32). The monoisotopic (exact) mass is 511 g/mol. The van der Waals surface area contributed by atoms with Crippen LogP contribution in [-0.2, 0) is 10.0 Å². The number of benzene rings is 3. The van der Waals surface area contributed by atoms with Crippen LogP contribution in [0.5, 0.6) is 0 Å². The zero-order chi connectivity index (χ0) is 25.2. The molecule has 0 saturated carbocycles. The summed E-state index contributed by atoms with van der Waals surface area (Å²) in [5.74, 6) is -0.939. The smallest absolute Gasteiger partial charge is 0.255 e. The Hall–Kier alpha value is -3.33. The van der Waals surface area contributed by atoms with Gasteiger partial charge in [0, 0.05) is 41.5 Å². The molecule has 9 heteroatoms. The number of amides is 1. The zero-order valence-electron chi connectivity index (χ0n) is 19.1. The van der Waals surface area contributed by atoms with Gasteiger partial charge >= 0.3 is 0 Å². The van der Waals surface area contributed by atoms with Crippen molar-refractivity contribution in [1.82, 2.24) is 9.29 Å². The highest BCUT2D eigenvalue weighted by molar-refractivity contribution is 7.89. The van der Waals surface area contributed by atoms with Gasteiger partial charge in [-0.25, -0.2) is 12.8 Å². The third kappa shape index (κ3) is 5.05. The Morgan fingerprint density at radius 1 is 1.03 bits per heavy atom. The van der Waals surface area contributed by atoms with Crippen LogP contribution >= 0.6 is 11.6 Å². The van der Waals surface area contributed by atoms with Crippen molar-refractivity contribution in [2.24, 2.45) is 0 Å². The molecule has 0 unspecified atom stereocenters. The molecule has 0 saturated heterocycles. The second-order valence-electron chi connectivity index (χ2n) is 7.79. The van der Waals surface area contributed by atoms with E-state index in [-0.39, 0.29) is 23.0 Å². The van der Waals surface area contributed by atoms with Gasteiger partial charge in [-0.3, -0.25) is 9.78 Å². The first-order valence-corrected chi connectivity index (χ1v) is 12.8. The van der Waals surface area contributed by atoms with Crippen LogP contribution in [0.15, 0.2) is 77.8 Å². The molecule has 6 nitrogen and oxygen atoms in total. The number of fused-ring (bicyclic) bond motifs is 1. The predicted molar refractivity (Wildman–Crippen MR) is 137 cm³/mol. The van der Waals surface area contributed by atoms with Gasteiger partial charge in [-0.15, -0.1) is 0 Å². The van der Waals surface area contributed by atoms with Crippen molar-refractivity contribution in [3.05, 3.63) is 89.3 Å². The van der Waals surface area contributed by atoms with Crippen LogP contribution in [0.1, 0.15) is 24.2 Å². The summed E-state index contributed by atoms with van der Waals surface area (Å²) in [5.41, 5.74) is 2.10. The fourth-order valence-electron chi connectivity index (χ4n) is 3.84. The van der Waals surface area contributed by atoms with Crippen LogP contribution in [-0.4, -0.2) is 36.7 Å². The first-order chi connectivity index (χ1) is 16.7. The van der Waals surface area contributed by atoms with Gasteiger partial charge in [0.1, 0.15) is 10.7 Å². The number of hydrogen-bond acceptors (Lipinski definition) is 4. The quantitative estimate of drug-likeness (QED) is 0.331. The van der Waals surface area contributed by atoms with Crippen LogP contribution in [0.3, 0.4) is 0 Å². The topological polar surface area (TPSA) is 79.4 Å². The molecule has 0 aliphatic heterocycles. The van der Waals surface area contributed by atoms with Gasteiger partial charge < -0.3 is 5.32 Å². The van der Waals surface area contributed by atoms with Gasteiger partial charge in [0.05, 0.1) is 10.5 Å². The molecular formula is C26H23ClFN3O3S. The normalized spacial score (nSPS) is 11.7. The molecule has 0 aliphatic carbocycles. The summed E-state index contributed by atoms with van der Waals surface area (Å²) in [6, 6.07) is 17.2. The van der Waals surface area contributed by atoms with E-state index in [1.54, 1.807) is 44.3 Å². The number of hydrogen-bond donors (Lipinski definition) is 1. The Kier molecular flexibility index (Phi) is 7.16. The summed E-state index contributed by atoms with van der Waals surface area (Å²) in [4.78, 5) is 17.2. The lowest BCUT2D eigenvalue weighted by molar-refractivity contribution is 0.102. The minimum absolute atomic E-state index is 0.0614. The average molecular weight is 512 g/mol. The molecule has 0 aliphatic rings. The maximum atomic E-state index is 14.2. The molecule has 0 spiro atoms. The van der Waals surface area contributed by atoms with Crippen LogP contribution in [0.2, 0.25) is 5.02 Å². The number of sulfonamides is 1. The molecule has 1 amide bonds. The number of nitrogens with zero attached hydrogens (tertiary/aromatic N) is 2. The van der Waals surface area contributed by atoms with Crippen LogP contribution < -0.4 is 5.32 Å². The second-order valence-corrected chi connectivity index (χ2v) is 10.1. The van der Waals surface area contributed by atoms with Gasteiger partial charge in [-0.1, -0.05) is 43.6 Å². The SMILES string of the molecule is CCN(CC)S(=O)(=O)c1cc(-c2cc(F)ccc2NC(=O)c2ccc3cccnc3c2)ccc1Cl. The number of carbonyl (C=O) groups excluding carboxylic acids is 1. The van der Waals surface area contributed by atoms with E-state index in [9.17, 15) is 17.6 Å². The maximum absolute atomic E-state index is 14.2. The molecule has 1 aromatic heterocycles. The van der Waals surface area contributed by atoms with Crippen molar-refractivity contribution < 1.29 is 17.6 Å². The minimum Gasteiger partial charge on any atom is -0.321 e. The van der Waals surface area contributed by atoms with Crippen molar-refractivity contribution in [3.8, 4) is 11.1 Å². The Morgan fingerprint density at radius 2 is 1.80 bits per heavy atom. The molecule has 0 radical (unpaired) electrons.